The lowest BCUT2D eigenvalue weighted by Crippen LogP contribution is -2.10. The number of fused-ring (bicyclic) bond motifs is 1. The highest BCUT2D eigenvalue weighted by atomic mass is 16.7. The summed E-state index contributed by atoms with van der Waals surface area (Å²) in [5.74, 6) is 1.66. The maximum absolute atomic E-state index is 7.57. The number of hydrogen-bond donors (Lipinski definition) is 1. The molecule has 1 N–H and O–H groups in total. The number of unbranched alkanes of at least 4 members (excludes halogenated alkanes) is 1. The Morgan fingerprint density at radius 2 is 1.37 bits per heavy atom. The van der Waals surface area contributed by atoms with Crippen molar-refractivity contribution >= 4 is 0 Å². The molecule has 0 amide bonds. The fraction of sp³-hybridized carbons (Fsp3) is 0.714. The first kappa shape index (κ1) is 23.7. The molecule has 1 heterocycles. The van der Waals surface area contributed by atoms with Crippen LogP contribution in [0.25, 0.3) is 0 Å². The minimum absolute atomic E-state index is 0.250. The topological polar surface area (TPSA) is 66.4 Å². The number of benzene rings is 1. The Morgan fingerprint density at radius 3 is 1.96 bits per heavy atom. The van der Waals surface area contributed by atoms with Crippen molar-refractivity contribution in [2.75, 3.05) is 46.4 Å². The first-order valence-corrected chi connectivity index (χ1v) is 10.0. The van der Waals surface area contributed by atoms with Crippen molar-refractivity contribution in [3.8, 4) is 11.5 Å². The normalized spacial score (nSPS) is 12.0. The van der Waals surface area contributed by atoms with Gasteiger partial charge in [0, 0.05) is 13.2 Å². The molecule has 1 aliphatic rings. The van der Waals surface area contributed by atoms with Gasteiger partial charge in [0.15, 0.2) is 11.5 Å². The van der Waals surface area contributed by atoms with E-state index in [9.17, 15) is 0 Å². The molecule has 0 atom stereocenters. The van der Waals surface area contributed by atoms with Gasteiger partial charge in [-0.05, 0) is 43.0 Å². The van der Waals surface area contributed by atoms with Crippen LogP contribution in [0.4, 0.5) is 0 Å². The molecule has 0 fully saturated rings. The summed E-state index contributed by atoms with van der Waals surface area (Å²) in [6.07, 6.45) is 4.38. The number of aliphatic hydroxyl groups is 1. The van der Waals surface area contributed by atoms with Crippen LogP contribution in [0.2, 0.25) is 0 Å². The standard InChI is InChI=1S/C19H30O5.C2H6O/c1-3-5-7-20-8-9-21-10-11-22-14-17-13-19-18(23-15-24-19)12-16(17)6-4-2;1-2-3/h12-13H,3-11,14-15H2,1-2H3;3H,2H2,1H3. The molecule has 0 spiro atoms. The summed E-state index contributed by atoms with van der Waals surface area (Å²) in [5, 5.41) is 7.57. The van der Waals surface area contributed by atoms with E-state index in [0.29, 0.717) is 39.8 Å². The summed E-state index contributed by atoms with van der Waals surface area (Å²) in [4.78, 5) is 0. The van der Waals surface area contributed by atoms with Gasteiger partial charge in [-0.1, -0.05) is 26.7 Å². The lowest BCUT2D eigenvalue weighted by atomic mass is 10.0. The molecular formula is C21H36O6. The van der Waals surface area contributed by atoms with E-state index in [0.717, 1.165) is 43.8 Å². The molecule has 2 rings (SSSR count). The van der Waals surface area contributed by atoms with Crippen LogP contribution in [0.3, 0.4) is 0 Å². The Balaban J connectivity index is 0.00000114. The molecule has 0 bridgehead atoms. The summed E-state index contributed by atoms with van der Waals surface area (Å²) >= 11 is 0. The Morgan fingerprint density at radius 1 is 0.815 bits per heavy atom. The summed E-state index contributed by atoms with van der Waals surface area (Å²) in [6, 6.07) is 4.12. The average molecular weight is 385 g/mol. The van der Waals surface area contributed by atoms with Gasteiger partial charge in [-0.2, -0.15) is 0 Å². The van der Waals surface area contributed by atoms with E-state index in [1.54, 1.807) is 6.92 Å². The van der Waals surface area contributed by atoms with E-state index < -0.39 is 0 Å². The number of aliphatic hydroxyl groups excluding tert-OH is 1. The van der Waals surface area contributed by atoms with Crippen molar-refractivity contribution in [2.45, 2.75) is 53.1 Å². The molecule has 0 aliphatic carbocycles. The minimum Gasteiger partial charge on any atom is -0.454 e. The van der Waals surface area contributed by atoms with Gasteiger partial charge < -0.3 is 28.8 Å². The minimum atomic E-state index is 0.250. The molecule has 0 saturated carbocycles. The first-order chi connectivity index (χ1) is 13.3. The molecule has 6 heteroatoms. The number of ether oxygens (including phenoxy) is 5. The Labute approximate surface area is 163 Å². The van der Waals surface area contributed by atoms with Crippen LogP contribution in [0.5, 0.6) is 11.5 Å². The van der Waals surface area contributed by atoms with Crippen molar-refractivity contribution in [3.05, 3.63) is 23.3 Å². The van der Waals surface area contributed by atoms with Gasteiger partial charge >= 0.3 is 0 Å². The number of rotatable bonds is 13. The third kappa shape index (κ3) is 9.96. The van der Waals surface area contributed by atoms with Gasteiger partial charge in [0.2, 0.25) is 6.79 Å². The second-order valence-electron chi connectivity index (χ2n) is 6.17. The summed E-state index contributed by atoms with van der Waals surface area (Å²) < 4.78 is 27.6. The molecule has 6 nitrogen and oxygen atoms in total. The zero-order valence-corrected chi connectivity index (χ0v) is 17.1. The second-order valence-corrected chi connectivity index (χ2v) is 6.17. The quantitative estimate of drug-likeness (QED) is 0.523. The highest BCUT2D eigenvalue weighted by Crippen LogP contribution is 2.35. The average Bonchev–Trinajstić information content (AvgIpc) is 3.11. The predicted molar refractivity (Wildman–Crippen MR) is 106 cm³/mol. The number of hydrogen-bond acceptors (Lipinski definition) is 6. The van der Waals surface area contributed by atoms with E-state index in [1.807, 2.05) is 6.07 Å². The van der Waals surface area contributed by atoms with Crippen LogP contribution >= 0.6 is 0 Å². The monoisotopic (exact) mass is 384 g/mol. The van der Waals surface area contributed by atoms with E-state index in [2.05, 4.69) is 19.9 Å². The van der Waals surface area contributed by atoms with Crippen molar-refractivity contribution in [1.82, 2.24) is 0 Å². The van der Waals surface area contributed by atoms with Crippen LogP contribution < -0.4 is 9.47 Å². The largest absolute Gasteiger partial charge is 0.454 e. The van der Waals surface area contributed by atoms with Crippen LogP contribution in [0.1, 0.15) is 51.2 Å². The molecule has 156 valence electrons. The second kappa shape index (κ2) is 15.7. The van der Waals surface area contributed by atoms with Crippen LogP contribution in [0, 0.1) is 0 Å². The maximum Gasteiger partial charge on any atom is 0.231 e. The van der Waals surface area contributed by atoms with E-state index in [4.69, 9.17) is 28.8 Å². The van der Waals surface area contributed by atoms with Crippen molar-refractivity contribution in [3.63, 3.8) is 0 Å². The Bertz CT molecular complexity index is 492. The third-order valence-electron chi connectivity index (χ3n) is 3.86. The van der Waals surface area contributed by atoms with Crippen LogP contribution in [0.15, 0.2) is 12.1 Å². The highest BCUT2D eigenvalue weighted by Gasteiger charge is 2.16. The van der Waals surface area contributed by atoms with Gasteiger partial charge in [-0.25, -0.2) is 0 Å². The van der Waals surface area contributed by atoms with Gasteiger partial charge in [0.1, 0.15) is 0 Å². The zero-order chi connectivity index (χ0) is 19.7. The highest BCUT2D eigenvalue weighted by molar-refractivity contribution is 5.48. The lowest BCUT2D eigenvalue weighted by molar-refractivity contribution is 0.0101. The van der Waals surface area contributed by atoms with Crippen molar-refractivity contribution in [2.24, 2.45) is 0 Å². The Kier molecular flexibility index (Phi) is 13.8. The molecule has 1 aromatic rings. The molecule has 0 saturated heterocycles. The molecule has 1 aliphatic heterocycles. The lowest BCUT2D eigenvalue weighted by Gasteiger charge is -2.11. The smallest absolute Gasteiger partial charge is 0.231 e. The van der Waals surface area contributed by atoms with Gasteiger partial charge in [0.05, 0.1) is 33.0 Å². The van der Waals surface area contributed by atoms with Crippen molar-refractivity contribution in [1.29, 1.82) is 0 Å². The predicted octanol–water partition coefficient (Wildman–Crippen LogP) is 3.72. The molecule has 1 aromatic carbocycles. The molecule has 0 unspecified atom stereocenters. The van der Waals surface area contributed by atoms with Crippen LogP contribution in [-0.2, 0) is 27.2 Å². The Hall–Kier alpha value is -1.34. The van der Waals surface area contributed by atoms with Crippen LogP contribution in [-0.4, -0.2) is 51.5 Å². The van der Waals surface area contributed by atoms with Gasteiger partial charge in [0.25, 0.3) is 0 Å². The van der Waals surface area contributed by atoms with Gasteiger partial charge in [-0.15, -0.1) is 0 Å². The third-order valence-corrected chi connectivity index (χ3v) is 3.86. The summed E-state index contributed by atoms with van der Waals surface area (Å²) in [5.41, 5.74) is 2.44. The fourth-order valence-corrected chi connectivity index (χ4v) is 2.53. The van der Waals surface area contributed by atoms with E-state index in [-0.39, 0.29) is 6.61 Å². The molecular weight excluding hydrogens is 348 g/mol. The number of aryl methyl sites for hydroxylation is 1. The van der Waals surface area contributed by atoms with Gasteiger partial charge in [-0.3, -0.25) is 0 Å². The van der Waals surface area contributed by atoms with Crippen molar-refractivity contribution < 1.29 is 28.8 Å². The maximum atomic E-state index is 7.57. The summed E-state index contributed by atoms with van der Waals surface area (Å²) in [6.45, 7) is 10.4. The van der Waals surface area contributed by atoms with E-state index in [1.165, 1.54) is 11.1 Å². The SMILES string of the molecule is CCCCOCCOCCOCc1cc2c(cc1CCC)OCO2.CCO. The molecule has 27 heavy (non-hydrogen) atoms. The molecule has 0 aromatic heterocycles. The first-order valence-electron chi connectivity index (χ1n) is 10.0. The molecule has 0 radical (unpaired) electrons. The zero-order valence-electron chi connectivity index (χ0n) is 17.1. The van der Waals surface area contributed by atoms with E-state index >= 15 is 0 Å². The summed E-state index contributed by atoms with van der Waals surface area (Å²) in [7, 11) is 0. The fourth-order valence-electron chi connectivity index (χ4n) is 2.53.